The lowest BCUT2D eigenvalue weighted by Crippen LogP contribution is -2.43. The Bertz CT molecular complexity index is 336. The summed E-state index contributed by atoms with van der Waals surface area (Å²) in [4.78, 5) is 3.97. The van der Waals surface area contributed by atoms with Crippen molar-refractivity contribution in [2.45, 2.75) is 25.8 Å². The number of rotatable bonds is 7. The molecule has 0 aliphatic carbocycles. The molecule has 0 fully saturated rings. The van der Waals surface area contributed by atoms with E-state index in [1.165, 1.54) is 6.26 Å². The molecule has 0 bridgehead atoms. The van der Waals surface area contributed by atoms with Crippen molar-refractivity contribution in [1.82, 2.24) is 10.6 Å². The van der Waals surface area contributed by atoms with Crippen LogP contribution in [-0.2, 0) is 9.84 Å². The number of sulfone groups is 1. The Morgan fingerprint density at radius 1 is 1.44 bits per heavy atom. The molecule has 0 amide bonds. The summed E-state index contributed by atoms with van der Waals surface area (Å²) in [5.74, 6) is 0.710. The van der Waals surface area contributed by atoms with Gasteiger partial charge in [0.2, 0.25) is 0 Å². The number of halogens is 2. The van der Waals surface area contributed by atoms with E-state index in [4.69, 9.17) is 0 Å². The average Bonchev–Trinajstić information content (AvgIpc) is 2.24. The van der Waals surface area contributed by atoms with Crippen LogP contribution < -0.4 is 10.6 Å². The lowest BCUT2D eigenvalue weighted by molar-refractivity contribution is 0.470. The molecule has 0 heterocycles. The molecule has 2 N–H and O–H groups in total. The average molecular weight is 395 g/mol. The van der Waals surface area contributed by atoms with Gasteiger partial charge < -0.3 is 10.6 Å². The van der Waals surface area contributed by atoms with Gasteiger partial charge in [0.05, 0.1) is 12.4 Å². The van der Waals surface area contributed by atoms with Crippen LogP contribution in [0.3, 0.4) is 0 Å². The van der Waals surface area contributed by atoms with E-state index in [1.807, 2.05) is 6.92 Å². The Labute approximate surface area is 126 Å². The first-order chi connectivity index (χ1) is 7.89. The lowest BCUT2D eigenvalue weighted by Gasteiger charge is -2.17. The molecule has 0 aromatic carbocycles. The molecule has 18 heavy (non-hydrogen) atoms. The van der Waals surface area contributed by atoms with Gasteiger partial charge in [-0.1, -0.05) is 0 Å². The zero-order chi connectivity index (χ0) is 13.3. The highest BCUT2D eigenvalue weighted by atomic mass is 127. The summed E-state index contributed by atoms with van der Waals surface area (Å²) < 4.78 is 33.9. The van der Waals surface area contributed by atoms with Gasteiger partial charge in [0.25, 0.3) is 0 Å². The van der Waals surface area contributed by atoms with Crippen LogP contribution in [0.1, 0.15) is 19.8 Å². The number of nitrogens with zero attached hydrogens (tertiary/aromatic N) is 1. The summed E-state index contributed by atoms with van der Waals surface area (Å²) in [6, 6.07) is 0.00121. The van der Waals surface area contributed by atoms with Crippen molar-refractivity contribution in [2.75, 3.05) is 32.3 Å². The van der Waals surface area contributed by atoms with Gasteiger partial charge in [-0.15, -0.1) is 24.0 Å². The number of aliphatic imine (C=N–C) groups is 1. The first-order valence-corrected chi connectivity index (χ1v) is 7.66. The third-order valence-corrected chi connectivity index (χ3v) is 3.11. The standard InChI is InChI=1S/C10H22FN3O2S.HI/c1-9(5-8-17(3,15)16)14-10(12-2)13-7-4-6-11;/h9H,4-8H2,1-3H3,(H2,12,13,14);1H. The predicted octanol–water partition coefficient (Wildman–Crippen LogP) is 0.952. The Balaban J connectivity index is 0. The van der Waals surface area contributed by atoms with Crippen molar-refractivity contribution >= 4 is 39.8 Å². The molecule has 5 nitrogen and oxygen atoms in total. The highest BCUT2D eigenvalue weighted by molar-refractivity contribution is 14.0. The van der Waals surface area contributed by atoms with Gasteiger partial charge in [0.1, 0.15) is 9.84 Å². The van der Waals surface area contributed by atoms with E-state index in [2.05, 4.69) is 15.6 Å². The zero-order valence-electron chi connectivity index (χ0n) is 11.1. The highest BCUT2D eigenvalue weighted by Crippen LogP contribution is 1.95. The predicted molar refractivity (Wildman–Crippen MR) is 84.3 cm³/mol. The Morgan fingerprint density at radius 2 is 2.06 bits per heavy atom. The Morgan fingerprint density at radius 3 is 2.50 bits per heavy atom. The maximum Gasteiger partial charge on any atom is 0.191 e. The monoisotopic (exact) mass is 395 g/mol. The van der Waals surface area contributed by atoms with E-state index in [1.54, 1.807) is 7.05 Å². The van der Waals surface area contributed by atoms with Crippen LogP contribution >= 0.6 is 24.0 Å². The van der Waals surface area contributed by atoms with Crippen LogP contribution in [0, 0.1) is 0 Å². The van der Waals surface area contributed by atoms with Gasteiger partial charge in [-0.2, -0.15) is 0 Å². The number of hydrogen-bond acceptors (Lipinski definition) is 3. The van der Waals surface area contributed by atoms with Crippen LogP contribution in [0.4, 0.5) is 4.39 Å². The molecule has 0 aliphatic heterocycles. The largest absolute Gasteiger partial charge is 0.356 e. The summed E-state index contributed by atoms with van der Waals surface area (Å²) in [5.41, 5.74) is 0. The molecule has 0 spiro atoms. The minimum atomic E-state index is -2.93. The quantitative estimate of drug-likeness (QED) is 0.292. The van der Waals surface area contributed by atoms with Crippen molar-refractivity contribution in [3.8, 4) is 0 Å². The topological polar surface area (TPSA) is 70.6 Å². The summed E-state index contributed by atoms with van der Waals surface area (Å²) in [6.45, 7) is 2.02. The van der Waals surface area contributed by atoms with E-state index in [0.717, 1.165) is 0 Å². The maximum absolute atomic E-state index is 11.9. The number of hydrogen-bond donors (Lipinski definition) is 2. The van der Waals surface area contributed by atoms with Gasteiger partial charge in [-0.05, 0) is 19.8 Å². The van der Waals surface area contributed by atoms with E-state index in [-0.39, 0.29) is 42.4 Å². The van der Waals surface area contributed by atoms with E-state index in [9.17, 15) is 12.8 Å². The molecule has 0 rings (SSSR count). The van der Waals surface area contributed by atoms with Crippen LogP contribution in [0.2, 0.25) is 0 Å². The normalized spacial score (nSPS) is 13.7. The van der Waals surface area contributed by atoms with Crippen molar-refractivity contribution in [3.05, 3.63) is 0 Å². The van der Waals surface area contributed by atoms with Gasteiger partial charge >= 0.3 is 0 Å². The molecule has 0 saturated carbocycles. The fourth-order valence-electron chi connectivity index (χ4n) is 1.16. The fraction of sp³-hybridized carbons (Fsp3) is 0.900. The second-order valence-corrected chi connectivity index (χ2v) is 6.27. The van der Waals surface area contributed by atoms with E-state index in [0.29, 0.717) is 25.3 Å². The van der Waals surface area contributed by atoms with Crippen molar-refractivity contribution < 1.29 is 12.8 Å². The number of guanidine groups is 1. The van der Waals surface area contributed by atoms with Crippen LogP contribution in [0.15, 0.2) is 4.99 Å². The smallest absolute Gasteiger partial charge is 0.191 e. The van der Waals surface area contributed by atoms with Gasteiger partial charge in [-0.25, -0.2) is 8.42 Å². The third kappa shape index (κ3) is 12.3. The number of alkyl halides is 1. The molecule has 0 aromatic rings. The summed E-state index contributed by atoms with van der Waals surface area (Å²) in [6.07, 6.45) is 2.16. The third-order valence-electron chi connectivity index (χ3n) is 2.13. The van der Waals surface area contributed by atoms with Crippen LogP contribution in [-0.4, -0.2) is 52.7 Å². The van der Waals surface area contributed by atoms with Gasteiger partial charge in [0, 0.05) is 25.9 Å². The molecular formula is C10H23FIN3O2S. The Hall–Kier alpha value is -0.120. The van der Waals surface area contributed by atoms with Crippen LogP contribution in [0.5, 0.6) is 0 Å². The molecule has 0 aromatic heterocycles. The first-order valence-electron chi connectivity index (χ1n) is 5.60. The van der Waals surface area contributed by atoms with E-state index < -0.39 is 9.84 Å². The Kier molecular flexibility index (Phi) is 12.1. The van der Waals surface area contributed by atoms with Crippen molar-refractivity contribution in [1.29, 1.82) is 0 Å². The first kappa shape index (κ1) is 20.2. The highest BCUT2D eigenvalue weighted by Gasteiger charge is 2.09. The number of nitrogens with one attached hydrogen (secondary N) is 2. The second-order valence-electron chi connectivity index (χ2n) is 4.01. The molecule has 0 radical (unpaired) electrons. The summed E-state index contributed by atoms with van der Waals surface area (Å²) in [7, 11) is -1.31. The summed E-state index contributed by atoms with van der Waals surface area (Å²) >= 11 is 0. The maximum atomic E-state index is 11.9. The minimum Gasteiger partial charge on any atom is -0.356 e. The minimum absolute atomic E-state index is 0. The molecular weight excluding hydrogens is 372 g/mol. The lowest BCUT2D eigenvalue weighted by atomic mass is 10.3. The van der Waals surface area contributed by atoms with Crippen molar-refractivity contribution in [3.63, 3.8) is 0 Å². The van der Waals surface area contributed by atoms with Gasteiger partial charge in [0.15, 0.2) is 5.96 Å². The van der Waals surface area contributed by atoms with E-state index >= 15 is 0 Å². The second kappa shape index (κ2) is 10.8. The zero-order valence-corrected chi connectivity index (χ0v) is 14.2. The molecule has 110 valence electrons. The van der Waals surface area contributed by atoms with Crippen molar-refractivity contribution in [2.24, 2.45) is 4.99 Å². The summed E-state index contributed by atoms with van der Waals surface area (Å²) in [5, 5.41) is 6.00. The van der Waals surface area contributed by atoms with Gasteiger partial charge in [-0.3, -0.25) is 9.38 Å². The molecule has 8 heteroatoms. The molecule has 1 atom stereocenters. The molecule has 0 saturated heterocycles. The molecule has 1 unspecified atom stereocenters. The molecule has 0 aliphatic rings. The van der Waals surface area contributed by atoms with Crippen LogP contribution in [0.25, 0.3) is 0 Å². The fourth-order valence-corrected chi connectivity index (χ4v) is 1.95. The SMILES string of the molecule is CN=C(NCCCF)NC(C)CCS(C)(=O)=O.I.